The monoisotopic (exact) mass is 423 g/mol. The summed E-state index contributed by atoms with van der Waals surface area (Å²) < 4.78 is 1.84. The van der Waals surface area contributed by atoms with Gasteiger partial charge in [0.25, 0.3) is 0 Å². The minimum absolute atomic E-state index is 0.0192. The number of ketones is 1. The topological polar surface area (TPSA) is 55.2 Å². The maximum atomic E-state index is 12.8. The lowest BCUT2D eigenvalue weighted by Crippen LogP contribution is -2.26. The van der Waals surface area contributed by atoms with E-state index in [-0.39, 0.29) is 24.5 Å². The zero-order valence-corrected chi connectivity index (χ0v) is 18.0. The SMILES string of the molecule is CN(Cc1cn(-c2ccccc2)nc1-c1ccccc1)C(=O)CCC(=O)c1ccccc1. The van der Waals surface area contributed by atoms with Gasteiger partial charge in [-0.2, -0.15) is 5.10 Å². The molecule has 5 heteroatoms. The van der Waals surface area contributed by atoms with Gasteiger partial charge in [-0.15, -0.1) is 0 Å². The maximum absolute atomic E-state index is 12.8. The smallest absolute Gasteiger partial charge is 0.223 e. The van der Waals surface area contributed by atoms with Crippen molar-refractivity contribution < 1.29 is 9.59 Å². The molecule has 4 rings (SSSR count). The molecular weight excluding hydrogens is 398 g/mol. The molecule has 0 N–H and O–H groups in total. The van der Waals surface area contributed by atoms with Crippen LogP contribution in [-0.4, -0.2) is 33.4 Å². The van der Waals surface area contributed by atoms with Crippen molar-refractivity contribution >= 4 is 11.7 Å². The van der Waals surface area contributed by atoms with Crippen molar-refractivity contribution in [2.45, 2.75) is 19.4 Å². The summed E-state index contributed by atoms with van der Waals surface area (Å²) in [5, 5.41) is 4.80. The van der Waals surface area contributed by atoms with E-state index in [0.717, 1.165) is 22.5 Å². The lowest BCUT2D eigenvalue weighted by Gasteiger charge is -2.17. The van der Waals surface area contributed by atoms with Crippen LogP contribution in [0, 0.1) is 0 Å². The Balaban J connectivity index is 1.50. The average molecular weight is 424 g/mol. The number of carbonyl (C=O) groups excluding carboxylic acids is 2. The highest BCUT2D eigenvalue weighted by Crippen LogP contribution is 2.25. The number of rotatable bonds is 8. The Morgan fingerprint density at radius 3 is 2.06 bits per heavy atom. The Morgan fingerprint density at radius 1 is 0.812 bits per heavy atom. The van der Waals surface area contributed by atoms with Crippen molar-refractivity contribution in [1.82, 2.24) is 14.7 Å². The quantitative estimate of drug-likeness (QED) is 0.368. The summed E-state index contributed by atoms with van der Waals surface area (Å²) in [5.41, 5.74) is 4.38. The number of aromatic nitrogens is 2. The van der Waals surface area contributed by atoms with Gasteiger partial charge in [0.05, 0.1) is 11.4 Å². The minimum atomic E-state index is -0.0687. The fourth-order valence-corrected chi connectivity index (χ4v) is 3.60. The van der Waals surface area contributed by atoms with Crippen molar-refractivity contribution in [3.63, 3.8) is 0 Å². The molecule has 0 aliphatic carbocycles. The van der Waals surface area contributed by atoms with Gasteiger partial charge in [-0.25, -0.2) is 4.68 Å². The van der Waals surface area contributed by atoms with Crippen LogP contribution in [0.5, 0.6) is 0 Å². The molecule has 32 heavy (non-hydrogen) atoms. The van der Waals surface area contributed by atoms with Crippen LogP contribution < -0.4 is 0 Å². The number of nitrogens with zero attached hydrogens (tertiary/aromatic N) is 3. The van der Waals surface area contributed by atoms with Crippen LogP contribution in [0.15, 0.2) is 97.2 Å². The second kappa shape index (κ2) is 9.88. The third-order valence-electron chi connectivity index (χ3n) is 5.35. The predicted molar refractivity (Wildman–Crippen MR) is 125 cm³/mol. The number of hydrogen-bond donors (Lipinski definition) is 0. The van der Waals surface area contributed by atoms with Gasteiger partial charge < -0.3 is 4.90 Å². The van der Waals surface area contributed by atoms with Gasteiger partial charge in [0, 0.05) is 49.3 Å². The largest absolute Gasteiger partial charge is 0.341 e. The summed E-state index contributed by atoms with van der Waals surface area (Å²) in [4.78, 5) is 26.8. The van der Waals surface area contributed by atoms with E-state index in [4.69, 9.17) is 5.10 Å². The maximum Gasteiger partial charge on any atom is 0.223 e. The second-order valence-corrected chi connectivity index (χ2v) is 7.69. The first kappa shape index (κ1) is 21.2. The summed E-state index contributed by atoms with van der Waals surface area (Å²) in [7, 11) is 1.77. The zero-order chi connectivity index (χ0) is 22.3. The number of benzene rings is 3. The molecule has 0 radical (unpaired) electrons. The summed E-state index contributed by atoms with van der Waals surface area (Å²) in [5.74, 6) is -0.0880. The first-order valence-corrected chi connectivity index (χ1v) is 10.6. The van der Waals surface area contributed by atoms with Crippen molar-refractivity contribution in [3.05, 3.63) is 108 Å². The van der Waals surface area contributed by atoms with Gasteiger partial charge in [0.15, 0.2) is 5.78 Å². The summed E-state index contributed by atoms with van der Waals surface area (Å²) in [6.45, 7) is 0.412. The molecule has 0 aliphatic rings. The van der Waals surface area contributed by atoms with Crippen LogP contribution in [0.1, 0.15) is 28.8 Å². The van der Waals surface area contributed by atoms with E-state index < -0.39 is 0 Å². The molecule has 0 saturated heterocycles. The lowest BCUT2D eigenvalue weighted by atomic mass is 10.1. The van der Waals surface area contributed by atoms with Crippen molar-refractivity contribution in [3.8, 4) is 16.9 Å². The zero-order valence-electron chi connectivity index (χ0n) is 18.0. The van der Waals surface area contributed by atoms with E-state index in [1.54, 1.807) is 24.1 Å². The van der Waals surface area contributed by atoms with Crippen LogP contribution in [0.4, 0.5) is 0 Å². The first-order valence-electron chi connectivity index (χ1n) is 10.6. The molecular formula is C27H25N3O2. The first-order chi connectivity index (χ1) is 15.6. The number of carbonyl (C=O) groups is 2. The Kier molecular flexibility index (Phi) is 6.56. The molecule has 0 fully saturated rings. The Labute approximate surface area is 187 Å². The molecule has 4 aromatic rings. The summed E-state index contributed by atoms with van der Waals surface area (Å²) in [6, 6.07) is 28.9. The van der Waals surface area contributed by atoms with Crippen molar-refractivity contribution in [2.75, 3.05) is 7.05 Å². The normalized spacial score (nSPS) is 10.7. The van der Waals surface area contributed by atoms with Crippen LogP contribution in [0.25, 0.3) is 16.9 Å². The average Bonchev–Trinajstić information content (AvgIpc) is 3.27. The number of para-hydroxylation sites is 1. The molecule has 5 nitrogen and oxygen atoms in total. The number of hydrogen-bond acceptors (Lipinski definition) is 3. The molecule has 0 unspecified atom stereocenters. The standard InChI is InChI=1S/C27H25N3O2/c1-29(26(32)18-17-25(31)21-11-5-2-6-12-21)19-23-20-30(24-15-9-4-10-16-24)28-27(23)22-13-7-3-8-14-22/h2-16,20H,17-19H2,1H3. The van der Waals surface area contributed by atoms with Gasteiger partial charge in [0.1, 0.15) is 0 Å². The third kappa shape index (κ3) is 5.01. The second-order valence-electron chi connectivity index (χ2n) is 7.69. The van der Waals surface area contributed by atoms with E-state index in [9.17, 15) is 9.59 Å². The van der Waals surface area contributed by atoms with Crippen molar-refractivity contribution in [2.24, 2.45) is 0 Å². The highest BCUT2D eigenvalue weighted by atomic mass is 16.2. The molecule has 1 heterocycles. The molecule has 0 aliphatic heterocycles. The molecule has 3 aromatic carbocycles. The molecule has 1 aromatic heterocycles. The molecule has 0 spiro atoms. The van der Waals surface area contributed by atoms with Crippen LogP contribution >= 0.6 is 0 Å². The van der Waals surface area contributed by atoms with E-state index in [1.807, 2.05) is 89.7 Å². The van der Waals surface area contributed by atoms with E-state index in [1.165, 1.54) is 0 Å². The number of amides is 1. The minimum Gasteiger partial charge on any atom is -0.341 e. The highest BCUT2D eigenvalue weighted by Gasteiger charge is 2.18. The molecule has 160 valence electrons. The van der Waals surface area contributed by atoms with Crippen LogP contribution in [0.2, 0.25) is 0 Å². The third-order valence-corrected chi connectivity index (χ3v) is 5.35. The number of Topliss-reactive ketones (excluding diaryl/α,β-unsaturated/α-hetero) is 1. The molecule has 1 amide bonds. The van der Waals surface area contributed by atoms with E-state index >= 15 is 0 Å². The van der Waals surface area contributed by atoms with Crippen LogP contribution in [0.3, 0.4) is 0 Å². The Morgan fingerprint density at radius 2 is 1.41 bits per heavy atom. The van der Waals surface area contributed by atoms with E-state index in [0.29, 0.717) is 12.1 Å². The fraction of sp³-hybridized carbons (Fsp3) is 0.148. The summed E-state index contributed by atoms with van der Waals surface area (Å²) in [6.07, 6.45) is 2.34. The van der Waals surface area contributed by atoms with Gasteiger partial charge >= 0.3 is 0 Å². The predicted octanol–water partition coefficient (Wildman–Crippen LogP) is 5.16. The lowest BCUT2D eigenvalue weighted by molar-refractivity contribution is -0.130. The molecule has 0 atom stereocenters. The summed E-state index contributed by atoms with van der Waals surface area (Å²) >= 11 is 0. The van der Waals surface area contributed by atoms with Gasteiger partial charge in [0.2, 0.25) is 5.91 Å². The molecule has 0 saturated carbocycles. The van der Waals surface area contributed by atoms with Gasteiger partial charge in [-0.3, -0.25) is 9.59 Å². The van der Waals surface area contributed by atoms with Gasteiger partial charge in [-0.1, -0.05) is 78.9 Å². The fourth-order valence-electron chi connectivity index (χ4n) is 3.60. The van der Waals surface area contributed by atoms with Gasteiger partial charge in [-0.05, 0) is 12.1 Å². The Bertz CT molecular complexity index is 1190. The highest BCUT2D eigenvalue weighted by molar-refractivity contribution is 5.97. The van der Waals surface area contributed by atoms with Crippen molar-refractivity contribution in [1.29, 1.82) is 0 Å². The van der Waals surface area contributed by atoms with E-state index in [2.05, 4.69) is 0 Å². The Hall–Kier alpha value is -3.99. The molecule has 0 bridgehead atoms. The van der Waals surface area contributed by atoms with Crippen LogP contribution in [-0.2, 0) is 11.3 Å².